The summed E-state index contributed by atoms with van der Waals surface area (Å²) in [4.78, 5) is 4.15. The lowest BCUT2D eigenvalue weighted by Crippen LogP contribution is -2.03. The van der Waals surface area contributed by atoms with Crippen LogP contribution in [0.15, 0.2) is 42.6 Å². The Hall–Kier alpha value is -2.34. The molecule has 0 atom stereocenters. The van der Waals surface area contributed by atoms with Crippen molar-refractivity contribution >= 4 is 5.82 Å². The van der Waals surface area contributed by atoms with Crippen molar-refractivity contribution in [3.05, 3.63) is 59.3 Å². The van der Waals surface area contributed by atoms with E-state index in [2.05, 4.69) is 47.6 Å². The zero-order valence-electron chi connectivity index (χ0n) is 9.64. The van der Waals surface area contributed by atoms with Gasteiger partial charge in [-0.2, -0.15) is 5.26 Å². The van der Waals surface area contributed by atoms with Crippen LogP contribution in [0.2, 0.25) is 0 Å². The molecule has 84 valence electrons. The van der Waals surface area contributed by atoms with Crippen molar-refractivity contribution < 1.29 is 0 Å². The van der Waals surface area contributed by atoms with Gasteiger partial charge in [-0.1, -0.05) is 29.8 Å². The Labute approximate surface area is 101 Å². The number of nitrogens with zero attached hydrogens (tertiary/aromatic N) is 2. The summed E-state index contributed by atoms with van der Waals surface area (Å²) in [5, 5.41) is 12.1. The van der Waals surface area contributed by atoms with E-state index in [1.165, 1.54) is 11.1 Å². The Morgan fingerprint density at radius 3 is 2.71 bits per heavy atom. The summed E-state index contributed by atoms with van der Waals surface area (Å²) in [6.07, 6.45) is 1.68. The number of benzene rings is 1. The second-order valence-electron chi connectivity index (χ2n) is 3.85. The highest BCUT2D eigenvalue weighted by Crippen LogP contribution is 2.11. The van der Waals surface area contributed by atoms with Gasteiger partial charge in [0.15, 0.2) is 0 Å². The van der Waals surface area contributed by atoms with Crippen LogP contribution >= 0.6 is 0 Å². The minimum absolute atomic E-state index is 0.569. The molecule has 1 aromatic heterocycles. The summed E-state index contributed by atoms with van der Waals surface area (Å²) < 4.78 is 0. The fraction of sp³-hybridized carbons (Fsp3) is 0.143. The maximum absolute atomic E-state index is 8.92. The van der Waals surface area contributed by atoms with Crippen molar-refractivity contribution in [2.75, 3.05) is 5.32 Å². The van der Waals surface area contributed by atoms with Crippen LogP contribution in [0.3, 0.4) is 0 Å². The number of pyridine rings is 1. The largest absolute Gasteiger partial charge is 0.365 e. The summed E-state index contributed by atoms with van der Waals surface area (Å²) in [5.41, 5.74) is 2.98. The van der Waals surface area contributed by atoms with Gasteiger partial charge in [0.1, 0.15) is 11.9 Å². The minimum Gasteiger partial charge on any atom is -0.365 e. The van der Waals surface area contributed by atoms with Crippen LogP contribution in [-0.2, 0) is 6.54 Å². The van der Waals surface area contributed by atoms with Crippen molar-refractivity contribution in [1.82, 2.24) is 4.98 Å². The third-order valence-corrected chi connectivity index (χ3v) is 2.51. The maximum atomic E-state index is 8.92. The number of rotatable bonds is 3. The van der Waals surface area contributed by atoms with Gasteiger partial charge in [-0.25, -0.2) is 4.98 Å². The molecule has 0 spiro atoms. The molecular formula is C14H13N3. The van der Waals surface area contributed by atoms with E-state index in [-0.39, 0.29) is 0 Å². The van der Waals surface area contributed by atoms with Gasteiger partial charge in [-0.05, 0) is 24.6 Å². The third-order valence-electron chi connectivity index (χ3n) is 2.51. The number of anilines is 1. The van der Waals surface area contributed by atoms with Crippen LogP contribution in [0.25, 0.3) is 0 Å². The fourth-order valence-corrected chi connectivity index (χ4v) is 1.53. The van der Waals surface area contributed by atoms with Crippen molar-refractivity contribution in [2.24, 2.45) is 0 Å². The third kappa shape index (κ3) is 2.82. The highest BCUT2D eigenvalue weighted by atomic mass is 15.0. The van der Waals surface area contributed by atoms with Gasteiger partial charge < -0.3 is 5.32 Å². The maximum Gasteiger partial charge on any atom is 0.144 e. The van der Waals surface area contributed by atoms with Gasteiger partial charge in [0, 0.05) is 12.7 Å². The van der Waals surface area contributed by atoms with Gasteiger partial charge in [0.2, 0.25) is 0 Å². The number of nitriles is 1. The van der Waals surface area contributed by atoms with Gasteiger partial charge >= 0.3 is 0 Å². The Morgan fingerprint density at radius 1 is 1.24 bits per heavy atom. The van der Waals surface area contributed by atoms with E-state index in [0.29, 0.717) is 17.9 Å². The number of aryl methyl sites for hydroxylation is 1. The quantitative estimate of drug-likeness (QED) is 0.870. The predicted molar refractivity (Wildman–Crippen MR) is 67.5 cm³/mol. The fourth-order valence-electron chi connectivity index (χ4n) is 1.53. The van der Waals surface area contributed by atoms with E-state index >= 15 is 0 Å². The molecule has 3 nitrogen and oxygen atoms in total. The summed E-state index contributed by atoms with van der Waals surface area (Å²) in [6, 6.07) is 13.9. The summed E-state index contributed by atoms with van der Waals surface area (Å²) in [7, 11) is 0. The molecule has 0 aliphatic heterocycles. The van der Waals surface area contributed by atoms with Crippen LogP contribution in [0.1, 0.15) is 16.7 Å². The molecule has 2 rings (SSSR count). The molecule has 3 heteroatoms. The van der Waals surface area contributed by atoms with Gasteiger partial charge in [0.05, 0.1) is 5.56 Å². The van der Waals surface area contributed by atoms with E-state index in [9.17, 15) is 0 Å². The van der Waals surface area contributed by atoms with Gasteiger partial charge in [0.25, 0.3) is 0 Å². The van der Waals surface area contributed by atoms with E-state index in [1.54, 1.807) is 18.3 Å². The average molecular weight is 223 g/mol. The van der Waals surface area contributed by atoms with Gasteiger partial charge in [-0.15, -0.1) is 0 Å². The molecule has 1 aromatic carbocycles. The molecular weight excluding hydrogens is 210 g/mol. The summed E-state index contributed by atoms with van der Waals surface area (Å²) >= 11 is 0. The molecule has 2 aromatic rings. The first-order chi connectivity index (χ1) is 8.29. The van der Waals surface area contributed by atoms with Crippen molar-refractivity contribution in [3.63, 3.8) is 0 Å². The molecule has 0 unspecified atom stereocenters. The molecule has 0 bridgehead atoms. The molecule has 0 aliphatic rings. The van der Waals surface area contributed by atoms with Crippen molar-refractivity contribution in [1.29, 1.82) is 5.26 Å². The lowest BCUT2D eigenvalue weighted by molar-refractivity contribution is 1.10. The predicted octanol–water partition coefficient (Wildman–Crippen LogP) is 2.87. The van der Waals surface area contributed by atoms with E-state index < -0.39 is 0 Å². The minimum atomic E-state index is 0.569. The highest BCUT2D eigenvalue weighted by Gasteiger charge is 2.01. The second-order valence-corrected chi connectivity index (χ2v) is 3.85. The number of hydrogen-bond acceptors (Lipinski definition) is 3. The standard InChI is InChI=1S/C14H13N3/c1-11-4-6-12(7-5-11)10-17-14-13(9-15)3-2-8-16-14/h2-8H,10H2,1H3,(H,16,17). The first-order valence-electron chi connectivity index (χ1n) is 5.44. The zero-order chi connectivity index (χ0) is 12.1. The Morgan fingerprint density at radius 2 is 2.00 bits per heavy atom. The number of aromatic nitrogens is 1. The average Bonchev–Trinajstić information content (AvgIpc) is 2.38. The monoisotopic (exact) mass is 223 g/mol. The smallest absolute Gasteiger partial charge is 0.144 e. The van der Waals surface area contributed by atoms with E-state index in [0.717, 1.165) is 0 Å². The van der Waals surface area contributed by atoms with Crippen LogP contribution < -0.4 is 5.32 Å². The van der Waals surface area contributed by atoms with Crippen LogP contribution in [0.5, 0.6) is 0 Å². The molecule has 1 N–H and O–H groups in total. The first kappa shape index (κ1) is 11.2. The van der Waals surface area contributed by atoms with Crippen molar-refractivity contribution in [3.8, 4) is 6.07 Å². The Kier molecular flexibility index (Phi) is 3.37. The van der Waals surface area contributed by atoms with Crippen LogP contribution in [0.4, 0.5) is 5.82 Å². The summed E-state index contributed by atoms with van der Waals surface area (Å²) in [6.45, 7) is 2.73. The molecule has 0 radical (unpaired) electrons. The molecule has 17 heavy (non-hydrogen) atoms. The molecule has 0 amide bonds. The molecule has 0 saturated carbocycles. The number of hydrogen-bond donors (Lipinski definition) is 1. The lowest BCUT2D eigenvalue weighted by atomic mass is 10.1. The number of nitrogens with one attached hydrogen (secondary N) is 1. The van der Waals surface area contributed by atoms with Crippen molar-refractivity contribution in [2.45, 2.75) is 13.5 Å². The lowest BCUT2D eigenvalue weighted by Gasteiger charge is -2.07. The van der Waals surface area contributed by atoms with Gasteiger partial charge in [-0.3, -0.25) is 0 Å². The Bertz CT molecular complexity index is 538. The first-order valence-corrected chi connectivity index (χ1v) is 5.44. The Balaban J connectivity index is 2.08. The van der Waals surface area contributed by atoms with E-state index in [1.807, 2.05) is 0 Å². The molecule has 0 aliphatic carbocycles. The van der Waals surface area contributed by atoms with Crippen LogP contribution in [-0.4, -0.2) is 4.98 Å². The summed E-state index contributed by atoms with van der Waals surface area (Å²) in [5.74, 6) is 0.635. The van der Waals surface area contributed by atoms with Crippen LogP contribution in [0, 0.1) is 18.3 Å². The van der Waals surface area contributed by atoms with E-state index in [4.69, 9.17) is 5.26 Å². The normalized spacial score (nSPS) is 9.65. The second kappa shape index (κ2) is 5.13. The molecule has 0 saturated heterocycles. The zero-order valence-corrected chi connectivity index (χ0v) is 9.64. The topological polar surface area (TPSA) is 48.7 Å². The molecule has 0 fully saturated rings. The molecule has 1 heterocycles. The highest BCUT2D eigenvalue weighted by molar-refractivity contribution is 5.51. The SMILES string of the molecule is Cc1ccc(CNc2ncccc2C#N)cc1.